The van der Waals surface area contributed by atoms with Crippen LogP contribution in [0.25, 0.3) is 0 Å². The molecule has 4 nitrogen and oxygen atoms in total. The van der Waals surface area contributed by atoms with Gasteiger partial charge in [-0.3, -0.25) is 4.79 Å². The van der Waals surface area contributed by atoms with Crippen LogP contribution in [0.3, 0.4) is 0 Å². The Bertz CT molecular complexity index is 293. The number of ether oxygens (including phenoxy) is 1. The molecule has 2 N–H and O–H groups in total. The highest BCUT2D eigenvalue weighted by molar-refractivity contribution is 5.79. The Morgan fingerprint density at radius 3 is 2.68 bits per heavy atom. The molecule has 0 spiro atoms. The molecule has 19 heavy (non-hydrogen) atoms. The number of aliphatic carboxylic acids is 1. The molecule has 0 bridgehead atoms. The third kappa shape index (κ3) is 3.93. The minimum Gasteiger partial charge on any atom is -0.480 e. The molecule has 0 aromatic heterocycles. The Hall–Kier alpha value is -0.610. The zero-order valence-corrected chi connectivity index (χ0v) is 12.7. The molecule has 0 aromatic rings. The number of carbonyl (C=O) groups is 1. The summed E-state index contributed by atoms with van der Waals surface area (Å²) < 4.78 is 5.80. The molecule has 1 saturated carbocycles. The topological polar surface area (TPSA) is 58.6 Å². The van der Waals surface area contributed by atoms with Crippen LogP contribution in [0.4, 0.5) is 0 Å². The summed E-state index contributed by atoms with van der Waals surface area (Å²) in [5, 5.41) is 12.8. The van der Waals surface area contributed by atoms with E-state index in [1.807, 2.05) is 6.92 Å². The van der Waals surface area contributed by atoms with E-state index in [2.05, 4.69) is 26.1 Å². The smallest absolute Gasteiger partial charge is 0.324 e. The standard InChI is InChI=1S/C15H29NO3/c1-5-16-15(14(17)18)9-6-7-13(15)8-10-19-12(4)11(2)3/h11-13,16H,5-10H2,1-4H3,(H,17,18). The first kappa shape index (κ1) is 16.4. The molecule has 0 amide bonds. The molecule has 0 saturated heterocycles. The van der Waals surface area contributed by atoms with Gasteiger partial charge in [0.1, 0.15) is 5.54 Å². The number of rotatable bonds is 8. The number of nitrogens with one attached hydrogen (secondary N) is 1. The summed E-state index contributed by atoms with van der Waals surface area (Å²) in [6.07, 6.45) is 3.78. The maximum atomic E-state index is 11.6. The second kappa shape index (κ2) is 7.25. The predicted molar refractivity (Wildman–Crippen MR) is 76.3 cm³/mol. The van der Waals surface area contributed by atoms with Crippen LogP contribution in [0.15, 0.2) is 0 Å². The summed E-state index contributed by atoms with van der Waals surface area (Å²) in [7, 11) is 0. The van der Waals surface area contributed by atoms with Crippen molar-refractivity contribution in [3.05, 3.63) is 0 Å². The van der Waals surface area contributed by atoms with Gasteiger partial charge >= 0.3 is 5.97 Å². The summed E-state index contributed by atoms with van der Waals surface area (Å²) >= 11 is 0. The molecule has 1 aliphatic carbocycles. The van der Waals surface area contributed by atoms with Crippen molar-refractivity contribution in [2.45, 2.75) is 65.0 Å². The van der Waals surface area contributed by atoms with Crippen LogP contribution in [0.2, 0.25) is 0 Å². The van der Waals surface area contributed by atoms with Crippen molar-refractivity contribution < 1.29 is 14.6 Å². The lowest BCUT2D eigenvalue weighted by atomic mass is 9.84. The molecule has 0 aliphatic heterocycles. The number of carboxylic acids is 1. The Morgan fingerprint density at radius 1 is 1.47 bits per heavy atom. The van der Waals surface area contributed by atoms with Crippen molar-refractivity contribution in [3.63, 3.8) is 0 Å². The fourth-order valence-electron chi connectivity index (χ4n) is 2.96. The summed E-state index contributed by atoms with van der Waals surface area (Å²) in [4.78, 5) is 11.6. The summed E-state index contributed by atoms with van der Waals surface area (Å²) in [5.41, 5.74) is -0.723. The van der Waals surface area contributed by atoms with Crippen LogP contribution >= 0.6 is 0 Å². The normalized spacial score (nSPS) is 28.8. The molecular weight excluding hydrogens is 242 g/mol. The maximum Gasteiger partial charge on any atom is 0.324 e. The first-order valence-electron chi connectivity index (χ1n) is 7.54. The molecule has 0 aromatic carbocycles. The number of likely N-dealkylation sites (N-methyl/N-ethyl adjacent to an activating group) is 1. The van der Waals surface area contributed by atoms with Crippen molar-refractivity contribution in [1.29, 1.82) is 0 Å². The van der Waals surface area contributed by atoms with E-state index >= 15 is 0 Å². The molecular formula is C15H29NO3. The second-order valence-electron chi connectivity index (χ2n) is 6.00. The lowest BCUT2D eigenvalue weighted by Crippen LogP contribution is -2.55. The quantitative estimate of drug-likeness (QED) is 0.712. The van der Waals surface area contributed by atoms with E-state index < -0.39 is 11.5 Å². The summed E-state index contributed by atoms with van der Waals surface area (Å²) in [6.45, 7) is 9.68. The van der Waals surface area contributed by atoms with Crippen LogP contribution in [-0.4, -0.2) is 35.9 Å². The highest BCUT2D eigenvalue weighted by Crippen LogP contribution is 2.38. The van der Waals surface area contributed by atoms with Gasteiger partial charge < -0.3 is 15.2 Å². The van der Waals surface area contributed by atoms with E-state index in [4.69, 9.17) is 4.74 Å². The molecule has 1 aliphatic rings. The Kier molecular flexibility index (Phi) is 6.27. The third-order valence-electron chi connectivity index (χ3n) is 4.48. The Morgan fingerprint density at radius 2 is 2.16 bits per heavy atom. The molecule has 3 unspecified atom stereocenters. The van der Waals surface area contributed by atoms with Gasteiger partial charge in [-0.15, -0.1) is 0 Å². The first-order chi connectivity index (χ1) is 8.94. The zero-order valence-electron chi connectivity index (χ0n) is 12.7. The average molecular weight is 271 g/mol. The van der Waals surface area contributed by atoms with Crippen LogP contribution < -0.4 is 5.32 Å². The van der Waals surface area contributed by atoms with E-state index in [1.54, 1.807) is 0 Å². The lowest BCUT2D eigenvalue weighted by molar-refractivity contribution is -0.147. The van der Waals surface area contributed by atoms with Crippen LogP contribution in [0.1, 0.15) is 53.4 Å². The van der Waals surface area contributed by atoms with Crippen LogP contribution in [-0.2, 0) is 9.53 Å². The highest BCUT2D eigenvalue weighted by atomic mass is 16.5. The number of carboxylic acid groups (broad SMARTS) is 1. The van der Waals surface area contributed by atoms with Crippen molar-refractivity contribution in [2.24, 2.45) is 11.8 Å². The third-order valence-corrected chi connectivity index (χ3v) is 4.48. The second-order valence-corrected chi connectivity index (χ2v) is 6.00. The molecule has 0 heterocycles. The minimum absolute atomic E-state index is 0.185. The van der Waals surface area contributed by atoms with Crippen LogP contribution in [0, 0.1) is 11.8 Å². The van der Waals surface area contributed by atoms with Gasteiger partial charge in [-0.25, -0.2) is 0 Å². The fourth-order valence-corrected chi connectivity index (χ4v) is 2.96. The fraction of sp³-hybridized carbons (Fsp3) is 0.933. The van der Waals surface area contributed by atoms with E-state index in [9.17, 15) is 9.90 Å². The molecule has 1 rings (SSSR count). The molecule has 112 valence electrons. The average Bonchev–Trinajstić information content (AvgIpc) is 2.74. The van der Waals surface area contributed by atoms with Crippen molar-refractivity contribution >= 4 is 5.97 Å². The van der Waals surface area contributed by atoms with E-state index in [0.717, 1.165) is 25.7 Å². The number of hydrogen-bond donors (Lipinski definition) is 2. The molecule has 1 fully saturated rings. The Labute approximate surface area is 116 Å². The van der Waals surface area contributed by atoms with Gasteiger partial charge in [0.2, 0.25) is 0 Å². The number of hydrogen-bond acceptors (Lipinski definition) is 3. The van der Waals surface area contributed by atoms with Crippen molar-refractivity contribution in [3.8, 4) is 0 Å². The van der Waals surface area contributed by atoms with Gasteiger partial charge in [0.25, 0.3) is 0 Å². The van der Waals surface area contributed by atoms with Crippen molar-refractivity contribution in [1.82, 2.24) is 5.32 Å². The van der Waals surface area contributed by atoms with Gasteiger partial charge in [-0.2, -0.15) is 0 Å². The zero-order chi connectivity index (χ0) is 14.5. The van der Waals surface area contributed by atoms with E-state index in [0.29, 0.717) is 19.1 Å². The minimum atomic E-state index is -0.723. The van der Waals surface area contributed by atoms with Crippen LogP contribution in [0.5, 0.6) is 0 Å². The van der Waals surface area contributed by atoms with E-state index in [-0.39, 0.29) is 12.0 Å². The predicted octanol–water partition coefficient (Wildman–Crippen LogP) is 2.67. The van der Waals surface area contributed by atoms with Gasteiger partial charge in [0.05, 0.1) is 6.10 Å². The summed E-state index contributed by atoms with van der Waals surface area (Å²) in [6, 6.07) is 0. The van der Waals surface area contributed by atoms with Gasteiger partial charge in [-0.1, -0.05) is 27.2 Å². The monoisotopic (exact) mass is 271 g/mol. The first-order valence-corrected chi connectivity index (χ1v) is 7.54. The Balaban J connectivity index is 2.53. The van der Waals surface area contributed by atoms with Gasteiger partial charge in [-0.05, 0) is 44.6 Å². The summed E-state index contributed by atoms with van der Waals surface area (Å²) in [5.74, 6) is -0.0142. The molecule has 0 radical (unpaired) electrons. The van der Waals surface area contributed by atoms with Crippen molar-refractivity contribution in [2.75, 3.05) is 13.2 Å². The van der Waals surface area contributed by atoms with Gasteiger partial charge in [0.15, 0.2) is 0 Å². The lowest BCUT2D eigenvalue weighted by Gasteiger charge is -2.32. The van der Waals surface area contributed by atoms with Gasteiger partial charge in [0, 0.05) is 6.61 Å². The SMILES string of the molecule is CCNC1(C(=O)O)CCCC1CCOC(C)C(C)C. The highest BCUT2D eigenvalue weighted by Gasteiger charge is 2.48. The molecule has 3 atom stereocenters. The molecule has 4 heteroatoms. The van der Waals surface area contributed by atoms with E-state index in [1.165, 1.54) is 0 Å². The largest absolute Gasteiger partial charge is 0.480 e. The maximum absolute atomic E-state index is 11.6.